The molecule has 108 valence electrons. The summed E-state index contributed by atoms with van der Waals surface area (Å²) < 4.78 is 19.0. The number of rotatable bonds is 7. The van der Waals surface area contributed by atoms with Gasteiger partial charge in [0.1, 0.15) is 11.6 Å². The maximum atomic E-state index is 13.6. The molecule has 4 heteroatoms. The Hall–Kier alpha value is -1.13. The Morgan fingerprint density at radius 3 is 2.53 bits per heavy atom. The summed E-state index contributed by atoms with van der Waals surface area (Å²) in [5.74, 6) is 0.923. The summed E-state index contributed by atoms with van der Waals surface area (Å²) in [5, 5.41) is 3.21. The third kappa shape index (κ3) is 3.91. The fraction of sp³-hybridized carbons (Fsp3) is 0.600. The van der Waals surface area contributed by atoms with Crippen LogP contribution >= 0.6 is 0 Å². The van der Waals surface area contributed by atoms with Crippen LogP contribution in [0.25, 0.3) is 0 Å². The summed E-state index contributed by atoms with van der Waals surface area (Å²) >= 11 is 0. The largest absolute Gasteiger partial charge is 0.496 e. The highest BCUT2D eigenvalue weighted by Gasteiger charge is 2.26. The molecule has 0 amide bonds. The van der Waals surface area contributed by atoms with E-state index in [2.05, 4.69) is 17.1 Å². The first-order valence-corrected chi connectivity index (χ1v) is 6.69. The number of nitrogens with zero attached hydrogens (tertiary/aromatic N) is 1. The molecule has 0 aromatic heterocycles. The molecule has 0 aliphatic carbocycles. The summed E-state index contributed by atoms with van der Waals surface area (Å²) in [6, 6.07) is 4.85. The van der Waals surface area contributed by atoms with E-state index in [0.29, 0.717) is 5.92 Å². The number of hydrogen-bond donors (Lipinski definition) is 1. The summed E-state index contributed by atoms with van der Waals surface area (Å²) in [7, 11) is 7.61. The summed E-state index contributed by atoms with van der Waals surface area (Å²) in [4.78, 5) is 2.13. The molecule has 2 unspecified atom stereocenters. The van der Waals surface area contributed by atoms with E-state index in [1.807, 2.05) is 21.1 Å². The Morgan fingerprint density at radius 2 is 2.05 bits per heavy atom. The molecule has 0 saturated carbocycles. The van der Waals surface area contributed by atoms with E-state index in [4.69, 9.17) is 4.74 Å². The predicted molar refractivity (Wildman–Crippen MR) is 77.1 cm³/mol. The van der Waals surface area contributed by atoms with Crippen molar-refractivity contribution in [3.05, 3.63) is 29.6 Å². The quantitative estimate of drug-likeness (QED) is 0.823. The zero-order chi connectivity index (χ0) is 14.4. The molecule has 0 heterocycles. The van der Waals surface area contributed by atoms with Gasteiger partial charge in [-0.25, -0.2) is 4.39 Å². The van der Waals surface area contributed by atoms with E-state index in [-0.39, 0.29) is 11.9 Å². The highest BCUT2D eigenvalue weighted by atomic mass is 19.1. The lowest BCUT2D eigenvalue weighted by molar-refractivity contribution is 0.199. The minimum Gasteiger partial charge on any atom is -0.496 e. The van der Waals surface area contributed by atoms with Gasteiger partial charge in [-0.1, -0.05) is 13.3 Å². The van der Waals surface area contributed by atoms with Crippen LogP contribution in [-0.2, 0) is 0 Å². The molecule has 1 rings (SSSR count). The number of nitrogens with one attached hydrogen (secondary N) is 1. The molecule has 1 aromatic rings. The second-order valence-electron chi connectivity index (χ2n) is 5.02. The van der Waals surface area contributed by atoms with E-state index < -0.39 is 0 Å². The Morgan fingerprint density at radius 1 is 1.37 bits per heavy atom. The number of ether oxygens (including phenoxy) is 1. The molecule has 0 radical (unpaired) electrons. The first-order chi connectivity index (χ1) is 9.04. The fourth-order valence-electron chi connectivity index (χ4n) is 2.63. The van der Waals surface area contributed by atoms with Gasteiger partial charge in [0.05, 0.1) is 7.11 Å². The fourth-order valence-corrected chi connectivity index (χ4v) is 2.63. The van der Waals surface area contributed by atoms with Crippen molar-refractivity contribution in [2.24, 2.45) is 5.92 Å². The van der Waals surface area contributed by atoms with Crippen molar-refractivity contribution in [3.8, 4) is 5.75 Å². The average molecular weight is 268 g/mol. The highest BCUT2D eigenvalue weighted by Crippen LogP contribution is 2.35. The second-order valence-corrected chi connectivity index (χ2v) is 5.02. The van der Waals surface area contributed by atoms with E-state index in [1.54, 1.807) is 19.2 Å². The van der Waals surface area contributed by atoms with Crippen LogP contribution in [0, 0.1) is 11.7 Å². The minimum atomic E-state index is -0.220. The van der Waals surface area contributed by atoms with E-state index in [0.717, 1.165) is 24.3 Å². The van der Waals surface area contributed by atoms with Gasteiger partial charge in [-0.15, -0.1) is 0 Å². The molecule has 2 atom stereocenters. The third-order valence-electron chi connectivity index (χ3n) is 3.50. The summed E-state index contributed by atoms with van der Waals surface area (Å²) in [6.07, 6.45) is 1.02. The summed E-state index contributed by atoms with van der Waals surface area (Å²) in [6.45, 7) is 3.04. The maximum Gasteiger partial charge on any atom is 0.123 e. The van der Waals surface area contributed by atoms with Crippen molar-refractivity contribution >= 4 is 0 Å². The zero-order valence-corrected chi connectivity index (χ0v) is 12.5. The molecular formula is C15H25FN2O. The SMILES string of the molecule is CCC(CNC)C(c1cc(F)ccc1OC)N(C)C. The van der Waals surface area contributed by atoms with Crippen LogP contribution in [0.15, 0.2) is 18.2 Å². The summed E-state index contributed by atoms with van der Waals surface area (Å²) in [5.41, 5.74) is 0.912. The van der Waals surface area contributed by atoms with Gasteiger partial charge in [0.15, 0.2) is 0 Å². The monoisotopic (exact) mass is 268 g/mol. The first kappa shape index (κ1) is 15.9. The van der Waals surface area contributed by atoms with Crippen molar-refractivity contribution in [1.82, 2.24) is 10.2 Å². The van der Waals surface area contributed by atoms with Crippen molar-refractivity contribution < 1.29 is 9.13 Å². The van der Waals surface area contributed by atoms with Gasteiger partial charge in [-0.3, -0.25) is 0 Å². The van der Waals surface area contributed by atoms with Gasteiger partial charge in [0, 0.05) is 11.6 Å². The lowest BCUT2D eigenvalue weighted by atomic mass is 9.89. The number of hydrogen-bond acceptors (Lipinski definition) is 3. The molecule has 0 spiro atoms. The Balaban J connectivity index is 3.21. The Labute approximate surface area is 115 Å². The molecule has 0 aliphatic heterocycles. The lowest BCUT2D eigenvalue weighted by Crippen LogP contribution is -2.33. The third-order valence-corrected chi connectivity index (χ3v) is 3.50. The zero-order valence-electron chi connectivity index (χ0n) is 12.5. The Kier molecular flexibility index (Phi) is 6.25. The van der Waals surface area contributed by atoms with E-state index >= 15 is 0 Å². The normalized spacial score (nSPS) is 14.5. The van der Waals surface area contributed by atoms with Gasteiger partial charge >= 0.3 is 0 Å². The maximum absolute atomic E-state index is 13.6. The van der Waals surface area contributed by atoms with Crippen LogP contribution in [-0.4, -0.2) is 39.7 Å². The highest BCUT2D eigenvalue weighted by molar-refractivity contribution is 5.37. The van der Waals surface area contributed by atoms with Crippen LogP contribution in [0.2, 0.25) is 0 Å². The molecule has 0 bridgehead atoms. The molecule has 3 nitrogen and oxygen atoms in total. The van der Waals surface area contributed by atoms with Crippen molar-refractivity contribution in [2.45, 2.75) is 19.4 Å². The minimum absolute atomic E-state index is 0.128. The van der Waals surface area contributed by atoms with Gasteiger partial charge < -0.3 is 15.0 Å². The molecule has 0 fully saturated rings. The predicted octanol–water partition coefficient (Wildman–Crippen LogP) is 2.68. The van der Waals surface area contributed by atoms with Gasteiger partial charge in [-0.05, 0) is 51.8 Å². The lowest BCUT2D eigenvalue weighted by Gasteiger charge is -2.33. The number of benzene rings is 1. The molecule has 1 aromatic carbocycles. The van der Waals surface area contributed by atoms with Crippen LogP contribution in [0.1, 0.15) is 24.9 Å². The van der Waals surface area contributed by atoms with Crippen LogP contribution in [0.3, 0.4) is 0 Å². The van der Waals surface area contributed by atoms with Crippen LogP contribution < -0.4 is 10.1 Å². The van der Waals surface area contributed by atoms with E-state index in [9.17, 15) is 4.39 Å². The van der Waals surface area contributed by atoms with Crippen LogP contribution in [0.5, 0.6) is 5.75 Å². The average Bonchev–Trinajstić information content (AvgIpc) is 2.38. The Bertz CT molecular complexity index is 396. The number of methoxy groups -OCH3 is 1. The standard InChI is InChI=1S/C15H25FN2O/c1-6-11(10-17-2)15(18(3)4)13-9-12(16)7-8-14(13)19-5/h7-9,11,15,17H,6,10H2,1-5H3. The first-order valence-electron chi connectivity index (χ1n) is 6.69. The van der Waals surface area contributed by atoms with Crippen molar-refractivity contribution in [2.75, 3.05) is 34.8 Å². The van der Waals surface area contributed by atoms with Gasteiger partial charge in [0.2, 0.25) is 0 Å². The molecular weight excluding hydrogens is 243 g/mol. The second kappa shape index (κ2) is 7.46. The van der Waals surface area contributed by atoms with Gasteiger partial charge in [-0.2, -0.15) is 0 Å². The molecule has 19 heavy (non-hydrogen) atoms. The van der Waals surface area contributed by atoms with Crippen molar-refractivity contribution in [3.63, 3.8) is 0 Å². The van der Waals surface area contributed by atoms with Gasteiger partial charge in [0.25, 0.3) is 0 Å². The molecule has 1 N–H and O–H groups in total. The molecule has 0 saturated heterocycles. The smallest absolute Gasteiger partial charge is 0.123 e. The van der Waals surface area contributed by atoms with Crippen molar-refractivity contribution in [1.29, 1.82) is 0 Å². The van der Waals surface area contributed by atoms with E-state index in [1.165, 1.54) is 6.07 Å². The van der Waals surface area contributed by atoms with Crippen LogP contribution in [0.4, 0.5) is 4.39 Å². The molecule has 0 aliphatic rings. The topological polar surface area (TPSA) is 24.5 Å². The number of halogens is 1.